The first-order valence-corrected chi connectivity index (χ1v) is 8.57. The number of hydrogen-bond acceptors (Lipinski definition) is 2. The quantitative estimate of drug-likeness (QED) is 0.528. The van der Waals surface area contributed by atoms with E-state index >= 15 is 0 Å². The van der Waals surface area contributed by atoms with Gasteiger partial charge in [-0.2, -0.15) is 0 Å². The van der Waals surface area contributed by atoms with E-state index in [1.165, 1.54) is 12.1 Å². The number of ether oxygens (including phenoxy) is 1. The second kappa shape index (κ2) is 9.01. The molecule has 0 saturated carbocycles. The second-order valence-corrected chi connectivity index (χ2v) is 6.56. The smallest absolute Gasteiger partial charge is 0.315 e. The van der Waals surface area contributed by atoms with Gasteiger partial charge in [0.1, 0.15) is 5.82 Å². The molecule has 2 atom stereocenters. The van der Waals surface area contributed by atoms with Crippen LogP contribution in [0.5, 0.6) is 0 Å². The van der Waals surface area contributed by atoms with E-state index in [0.29, 0.717) is 5.56 Å². The Bertz CT molecular complexity index is 798. The zero-order valence-corrected chi connectivity index (χ0v) is 15.3. The molecule has 26 heavy (non-hydrogen) atoms. The molecule has 134 valence electrons. The molecule has 2 rings (SSSR count). The van der Waals surface area contributed by atoms with E-state index in [9.17, 15) is 9.18 Å². The molecule has 0 aromatic heterocycles. The maximum absolute atomic E-state index is 13.2. The van der Waals surface area contributed by atoms with Crippen LogP contribution >= 0.6 is 0 Å². The fourth-order valence-electron chi connectivity index (χ4n) is 2.80. The van der Waals surface area contributed by atoms with Crippen molar-refractivity contribution in [1.29, 1.82) is 0 Å². The molecular weight excluding hydrogens is 327 g/mol. The minimum Gasteiger partial charge on any atom is -0.444 e. The predicted molar refractivity (Wildman–Crippen MR) is 103 cm³/mol. The third-order valence-electron chi connectivity index (χ3n) is 4.14. The van der Waals surface area contributed by atoms with Crippen molar-refractivity contribution in [3.63, 3.8) is 0 Å². The number of esters is 1. The van der Waals surface area contributed by atoms with Crippen molar-refractivity contribution in [2.75, 3.05) is 0 Å². The first-order chi connectivity index (χ1) is 12.4. The predicted octanol–water partition coefficient (Wildman–Crippen LogP) is 5.21. The molecule has 2 aromatic carbocycles. The van der Waals surface area contributed by atoms with E-state index in [-0.39, 0.29) is 11.7 Å². The normalized spacial score (nSPS) is 13.8. The summed E-state index contributed by atoms with van der Waals surface area (Å²) in [5.41, 5.74) is 2.47. The zero-order chi connectivity index (χ0) is 19.1. The fraction of sp³-hybridized carbons (Fsp3) is 0.261. The van der Waals surface area contributed by atoms with Gasteiger partial charge in [0.05, 0.1) is 5.92 Å². The van der Waals surface area contributed by atoms with Crippen LogP contribution in [0.4, 0.5) is 4.39 Å². The minimum atomic E-state index is -0.746. The number of hydrogen-bond donors (Lipinski definition) is 0. The number of rotatable bonds is 6. The Balaban J connectivity index is 2.19. The van der Waals surface area contributed by atoms with E-state index in [1.54, 1.807) is 12.1 Å². The Hall–Kier alpha value is -2.86. The van der Waals surface area contributed by atoms with Crippen LogP contribution in [-0.2, 0) is 9.53 Å². The molecule has 0 radical (unpaired) electrons. The van der Waals surface area contributed by atoms with Gasteiger partial charge in [0.15, 0.2) is 6.10 Å². The molecule has 2 aromatic rings. The maximum Gasteiger partial charge on any atom is 0.315 e. The van der Waals surface area contributed by atoms with Crippen molar-refractivity contribution in [3.8, 4) is 12.3 Å². The van der Waals surface area contributed by atoms with Crippen molar-refractivity contribution in [3.05, 3.63) is 77.1 Å². The molecule has 0 aliphatic carbocycles. The third-order valence-corrected chi connectivity index (χ3v) is 4.14. The van der Waals surface area contributed by atoms with Crippen molar-refractivity contribution in [2.45, 2.75) is 32.8 Å². The molecule has 0 fully saturated rings. The number of terminal acetylenes is 1. The first kappa shape index (κ1) is 19.5. The van der Waals surface area contributed by atoms with Gasteiger partial charge in [-0.15, -0.1) is 6.42 Å². The van der Waals surface area contributed by atoms with Crippen LogP contribution in [0.3, 0.4) is 0 Å². The number of benzene rings is 2. The first-order valence-electron chi connectivity index (χ1n) is 8.57. The Morgan fingerprint density at radius 3 is 2.27 bits per heavy atom. The Morgan fingerprint density at radius 2 is 1.73 bits per heavy atom. The summed E-state index contributed by atoms with van der Waals surface area (Å²) >= 11 is 0. The average Bonchev–Trinajstić information content (AvgIpc) is 2.62. The zero-order valence-electron chi connectivity index (χ0n) is 15.3. The van der Waals surface area contributed by atoms with Gasteiger partial charge >= 0.3 is 5.97 Å². The summed E-state index contributed by atoms with van der Waals surface area (Å²) in [6.45, 7) is 5.69. The van der Waals surface area contributed by atoms with E-state index in [0.717, 1.165) is 11.1 Å². The molecule has 2 nitrogen and oxygen atoms in total. The van der Waals surface area contributed by atoms with E-state index in [2.05, 4.69) is 5.92 Å². The van der Waals surface area contributed by atoms with E-state index in [4.69, 9.17) is 11.2 Å². The third kappa shape index (κ3) is 5.07. The van der Waals surface area contributed by atoms with Crippen LogP contribution in [-0.4, -0.2) is 12.1 Å². The molecule has 0 aliphatic rings. The Kier molecular flexibility index (Phi) is 6.74. The Morgan fingerprint density at radius 1 is 1.12 bits per heavy atom. The Labute approximate surface area is 154 Å². The SMILES string of the molecule is C#CC(OC(=O)C(c1ccc(F)cc1)C(C)C)C(C)=Cc1ccccc1. The molecule has 0 N–H and O–H groups in total. The van der Waals surface area contributed by atoms with Crippen LogP contribution in [0, 0.1) is 24.1 Å². The minimum absolute atomic E-state index is 0.00945. The van der Waals surface area contributed by atoms with Crippen molar-refractivity contribution < 1.29 is 13.9 Å². The number of halogens is 1. The maximum atomic E-state index is 13.2. The highest BCUT2D eigenvalue weighted by Gasteiger charge is 2.28. The molecule has 0 spiro atoms. The molecule has 0 amide bonds. The summed E-state index contributed by atoms with van der Waals surface area (Å²) in [5.74, 6) is 1.28. The van der Waals surface area contributed by atoms with Gasteiger partial charge < -0.3 is 4.74 Å². The van der Waals surface area contributed by atoms with Crippen molar-refractivity contribution >= 4 is 12.0 Å². The molecule has 0 aliphatic heterocycles. The highest BCUT2D eigenvalue weighted by atomic mass is 19.1. The average molecular weight is 350 g/mol. The van der Waals surface area contributed by atoms with Gasteiger partial charge in [0.2, 0.25) is 0 Å². The van der Waals surface area contributed by atoms with E-state index in [1.807, 2.05) is 57.2 Å². The summed E-state index contributed by atoms with van der Waals surface area (Å²) in [4.78, 5) is 12.8. The lowest BCUT2D eigenvalue weighted by Crippen LogP contribution is -2.26. The van der Waals surface area contributed by atoms with Gasteiger partial charge in [-0.05, 0) is 41.7 Å². The van der Waals surface area contributed by atoms with Crippen LogP contribution in [0.1, 0.15) is 37.8 Å². The van der Waals surface area contributed by atoms with E-state index < -0.39 is 18.0 Å². The van der Waals surface area contributed by atoms with Crippen molar-refractivity contribution in [2.24, 2.45) is 5.92 Å². The molecule has 0 heterocycles. The monoisotopic (exact) mass is 350 g/mol. The van der Waals surface area contributed by atoms with Crippen LogP contribution in [0.25, 0.3) is 6.08 Å². The summed E-state index contributed by atoms with van der Waals surface area (Å²) in [5, 5.41) is 0. The summed E-state index contributed by atoms with van der Waals surface area (Å²) < 4.78 is 18.8. The largest absolute Gasteiger partial charge is 0.444 e. The molecule has 3 heteroatoms. The van der Waals surface area contributed by atoms with Crippen LogP contribution in [0.15, 0.2) is 60.2 Å². The topological polar surface area (TPSA) is 26.3 Å². The lowest BCUT2D eigenvalue weighted by Gasteiger charge is -2.22. The standard InChI is InChI=1S/C23H23FO2/c1-5-21(17(4)15-18-9-7-6-8-10-18)26-23(25)22(16(2)3)19-11-13-20(24)14-12-19/h1,6-16,21-22H,2-4H3. The molecule has 0 saturated heterocycles. The highest BCUT2D eigenvalue weighted by Crippen LogP contribution is 2.27. The van der Waals surface area contributed by atoms with Gasteiger partial charge in [0, 0.05) is 0 Å². The summed E-state index contributed by atoms with van der Waals surface area (Å²) in [7, 11) is 0. The number of carbonyl (C=O) groups excluding carboxylic acids is 1. The fourth-order valence-corrected chi connectivity index (χ4v) is 2.80. The lowest BCUT2D eigenvalue weighted by atomic mass is 9.88. The second-order valence-electron chi connectivity index (χ2n) is 6.56. The van der Waals surface area contributed by atoms with Gasteiger partial charge in [-0.3, -0.25) is 4.79 Å². The van der Waals surface area contributed by atoms with Gasteiger partial charge in [-0.1, -0.05) is 68.3 Å². The van der Waals surface area contributed by atoms with Gasteiger partial charge in [-0.25, -0.2) is 4.39 Å². The molecular formula is C23H23FO2. The van der Waals surface area contributed by atoms with Crippen LogP contribution in [0.2, 0.25) is 0 Å². The molecule has 0 bridgehead atoms. The highest BCUT2D eigenvalue weighted by molar-refractivity contribution is 5.79. The lowest BCUT2D eigenvalue weighted by molar-refractivity contribution is -0.148. The van der Waals surface area contributed by atoms with Crippen LogP contribution < -0.4 is 0 Å². The molecule has 2 unspecified atom stereocenters. The summed E-state index contributed by atoms with van der Waals surface area (Å²) in [6, 6.07) is 15.6. The summed E-state index contributed by atoms with van der Waals surface area (Å²) in [6.07, 6.45) is 6.75. The van der Waals surface area contributed by atoms with Gasteiger partial charge in [0.25, 0.3) is 0 Å². The van der Waals surface area contributed by atoms with Crippen molar-refractivity contribution in [1.82, 2.24) is 0 Å². The number of carbonyl (C=O) groups is 1.